The number of hydrogen-bond acceptors (Lipinski definition) is 4. The molecule has 1 atom stereocenters. The second-order valence-electron chi connectivity index (χ2n) is 6.36. The molecule has 1 aliphatic rings. The Labute approximate surface area is 147 Å². The minimum absolute atomic E-state index is 0.0187. The topological polar surface area (TPSA) is 59.0 Å². The fourth-order valence-corrected chi connectivity index (χ4v) is 2.83. The van der Waals surface area contributed by atoms with Gasteiger partial charge in [-0.25, -0.2) is 0 Å². The Bertz CT molecular complexity index is 677. The van der Waals surface area contributed by atoms with Crippen molar-refractivity contribution in [3.05, 3.63) is 66.2 Å². The first kappa shape index (κ1) is 17.5. The van der Waals surface area contributed by atoms with Gasteiger partial charge in [0.25, 0.3) is 0 Å². The average molecular weight is 341 g/mol. The quantitative estimate of drug-likeness (QED) is 0.902. The maximum Gasteiger partial charge on any atom is 0.227 e. The van der Waals surface area contributed by atoms with Crippen LogP contribution in [0.25, 0.3) is 0 Å². The van der Waals surface area contributed by atoms with Gasteiger partial charge in [-0.05, 0) is 17.7 Å². The lowest BCUT2D eigenvalue weighted by Gasteiger charge is -2.30. The van der Waals surface area contributed by atoms with E-state index in [1.54, 1.807) is 4.90 Å². The molecule has 2 aromatic carbocycles. The molecule has 0 aliphatic carbocycles. The van der Waals surface area contributed by atoms with Gasteiger partial charge in [0.2, 0.25) is 5.91 Å². The second-order valence-corrected chi connectivity index (χ2v) is 6.36. The summed E-state index contributed by atoms with van der Waals surface area (Å²) < 4.78 is 11.2. The lowest BCUT2D eigenvalue weighted by molar-refractivity contribution is -0.134. The van der Waals surface area contributed by atoms with Crippen LogP contribution in [0.5, 0.6) is 5.75 Å². The number of hydrogen-bond donors (Lipinski definition) is 1. The molecule has 1 fully saturated rings. The van der Waals surface area contributed by atoms with Gasteiger partial charge in [-0.1, -0.05) is 48.5 Å². The van der Waals surface area contributed by atoms with Crippen LogP contribution in [0, 0.1) is 0 Å². The smallest absolute Gasteiger partial charge is 0.227 e. The van der Waals surface area contributed by atoms with Crippen molar-refractivity contribution in [3.8, 4) is 5.75 Å². The molecule has 0 unspecified atom stereocenters. The summed E-state index contributed by atoms with van der Waals surface area (Å²) in [7, 11) is 0. The molecule has 1 heterocycles. The molecule has 5 heteroatoms. The zero-order valence-corrected chi connectivity index (χ0v) is 14.1. The summed E-state index contributed by atoms with van der Waals surface area (Å²) >= 11 is 0. The van der Waals surface area contributed by atoms with E-state index in [0.717, 1.165) is 5.56 Å². The molecule has 2 aromatic rings. The van der Waals surface area contributed by atoms with Gasteiger partial charge in [0.15, 0.2) is 0 Å². The van der Waals surface area contributed by atoms with Crippen molar-refractivity contribution in [2.75, 3.05) is 32.9 Å². The van der Waals surface area contributed by atoms with Crippen molar-refractivity contribution < 1.29 is 19.4 Å². The predicted molar refractivity (Wildman–Crippen MR) is 94.4 cm³/mol. The summed E-state index contributed by atoms with van der Waals surface area (Å²) in [6, 6.07) is 18.9. The molecule has 3 rings (SSSR count). The third kappa shape index (κ3) is 5.05. The lowest BCUT2D eigenvalue weighted by Crippen LogP contribution is -2.50. The third-order valence-electron chi connectivity index (χ3n) is 4.16. The van der Waals surface area contributed by atoms with E-state index in [0.29, 0.717) is 25.3 Å². The highest BCUT2D eigenvalue weighted by Gasteiger charge is 2.35. The van der Waals surface area contributed by atoms with Gasteiger partial charge in [-0.3, -0.25) is 4.79 Å². The van der Waals surface area contributed by atoms with Crippen LogP contribution < -0.4 is 4.74 Å². The number of aliphatic hydroxyl groups is 1. The molecular weight excluding hydrogens is 318 g/mol. The predicted octanol–water partition coefficient (Wildman–Crippen LogP) is 1.90. The first-order chi connectivity index (χ1) is 12.1. The molecular formula is C20H23NO4. The van der Waals surface area contributed by atoms with Gasteiger partial charge in [-0.2, -0.15) is 0 Å². The van der Waals surface area contributed by atoms with Gasteiger partial charge in [0.05, 0.1) is 26.2 Å². The van der Waals surface area contributed by atoms with Gasteiger partial charge in [0, 0.05) is 6.54 Å². The van der Waals surface area contributed by atoms with E-state index in [1.165, 1.54) is 0 Å². The average Bonchev–Trinajstić information content (AvgIpc) is 2.84. The minimum atomic E-state index is -1.22. The summed E-state index contributed by atoms with van der Waals surface area (Å²) in [6.07, 6.45) is 0.316. The number of benzene rings is 2. The molecule has 25 heavy (non-hydrogen) atoms. The van der Waals surface area contributed by atoms with Crippen LogP contribution in [0.4, 0.5) is 0 Å². The molecule has 0 saturated carbocycles. The highest BCUT2D eigenvalue weighted by molar-refractivity contribution is 5.78. The Morgan fingerprint density at radius 1 is 1.12 bits per heavy atom. The lowest BCUT2D eigenvalue weighted by atomic mass is 10.1. The van der Waals surface area contributed by atoms with Crippen LogP contribution in [0.15, 0.2) is 60.7 Å². The number of amides is 1. The minimum Gasteiger partial charge on any atom is -0.490 e. The van der Waals surface area contributed by atoms with Crippen LogP contribution >= 0.6 is 0 Å². The molecule has 1 N–H and O–H groups in total. The fourth-order valence-electron chi connectivity index (χ4n) is 2.83. The first-order valence-electron chi connectivity index (χ1n) is 8.44. The van der Waals surface area contributed by atoms with Crippen LogP contribution in [0.1, 0.15) is 5.56 Å². The zero-order chi connectivity index (χ0) is 17.5. The Hall–Kier alpha value is -2.37. The molecule has 0 radical (unpaired) electrons. The number of β-amino-alcohol motifs (C(OH)–C–C–N with tert-alkyl or cyclic N) is 1. The maximum absolute atomic E-state index is 12.6. The van der Waals surface area contributed by atoms with E-state index in [9.17, 15) is 9.90 Å². The highest BCUT2D eigenvalue weighted by Crippen LogP contribution is 2.17. The Balaban J connectivity index is 1.62. The van der Waals surface area contributed by atoms with Gasteiger partial charge >= 0.3 is 0 Å². The number of rotatable bonds is 5. The van der Waals surface area contributed by atoms with Crippen molar-refractivity contribution in [2.45, 2.75) is 12.0 Å². The molecule has 132 valence electrons. The van der Waals surface area contributed by atoms with Crippen LogP contribution in [-0.2, 0) is 16.0 Å². The summed E-state index contributed by atoms with van der Waals surface area (Å²) in [4.78, 5) is 14.3. The zero-order valence-electron chi connectivity index (χ0n) is 14.1. The summed E-state index contributed by atoms with van der Waals surface area (Å²) in [5.41, 5.74) is -0.264. The van der Waals surface area contributed by atoms with E-state index >= 15 is 0 Å². The van der Waals surface area contributed by atoms with E-state index in [2.05, 4.69) is 0 Å². The molecule has 1 saturated heterocycles. The van der Waals surface area contributed by atoms with Crippen molar-refractivity contribution in [1.29, 1.82) is 0 Å². The largest absolute Gasteiger partial charge is 0.490 e. The summed E-state index contributed by atoms with van der Waals surface area (Å²) in [5, 5.41) is 10.9. The monoisotopic (exact) mass is 341 g/mol. The third-order valence-corrected chi connectivity index (χ3v) is 4.16. The standard InChI is InChI=1S/C20H23NO4/c22-19(13-17-7-3-1-4-8-17)21-11-12-24-15-20(23,14-21)16-25-18-9-5-2-6-10-18/h1-10,23H,11-16H2/t20-/m0/s1. The van der Waals surface area contributed by atoms with Crippen molar-refractivity contribution in [3.63, 3.8) is 0 Å². The van der Waals surface area contributed by atoms with Crippen LogP contribution in [0.2, 0.25) is 0 Å². The van der Waals surface area contributed by atoms with E-state index < -0.39 is 5.60 Å². The van der Waals surface area contributed by atoms with Crippen molar-refractivity contribution in [2.24, 2.45) is 0 Å². The maximum atomic E-state index is 12.6. The number of carbonyl (C=O) groups excluding carboxylic acids is 1. The molecule has 1 aliphatic heterocycles. The molecule has 0 bridgehead atoms. The van der Waals surface area contributed by atoms with Crippen LogP contribution in [-0.4, -0.2) is 54.4 Å². The van der Waals surface area contributed by atoms with E-state index in [1.807, 2.05) is 60.7 Å². The van der Waals surface area contributed by atoms with Crippen molar-refractivity contribution >= 4 is 5.91 Å². The second kappa shape index (κ2) is 8.14. The number of para-hydroxylation sites is 1. The van der Waals surface area contributed by atoms with Crippen molar-refractivity contribution in [1.82, 2.24) is 4.90 Å². The Kier molecular flexibility index (Phi) is 5.68. The van der Waals surface area contributed by atoms with Gasteiger partial charge in [-0.15, -0.1) is 0 Å². The Morgan fingerprint density at radius 3 is 2.52 bits per heavy atom. The Morgan fingerprint density at radius 2 is 1.80 bits per heavy atom. The van der Waals surface area contributed by atoms with E-state index in [-0.39, 0.29) is 25.7 Å². The molecule has 0 aromatic heterocycles. The van der Waals surface area contributed by atoms with Gasteiger partial charge in [0.1, 0.15) is 18.0 Å². The fraction of sp³-hybridized carbons (Fsp3) is 0.350. The number of ether oxygens (including phenoxy) is 2. The van der Waals surface area contributed by atoms with Crippen LogP contribution in [0.3, 0.4) is 0 Å². The summed E-state index contributed by atoms with van der Waals surface area (Å²) in [6.45, 7) is 1.31. The van der Waals surface area contributed by atoms with E-state index in [4.69, 9.17) is 9.47 Å². The highest BCUT2D eigenvalue weighted by atomic mass is 16.5. The number of carbonyl (C=O) groups is 1. The normalized spacial score (nSPS) is 20.8. The molecule has 1 amide bonds. The molecule has 5 nitrogen and oxygen atoms in total. The van der Waals surface area contributed by atoms with Gasteiger partial charge < -0.3 is 19.5 Å². The first-order valence-corrected chi connectivity index (χ1v) is 8.44. The number of nitrogens with zero attached hydrogens (tertiary/aromatic N) is 1. The molecule has 0 spiro atoms. The SMILES string of the molecule is O=C(Cc1ccccc1)N1CCOC[C@](O)(COc2ccccc2)C1. The summed E-state index contributed by atoms with van der Waals surface area (Å²) in [5.74, 6) is 0.664.